The molecule has 0 aliphatic rings. The summed E-state index contributed by atoms with van der Waals surface area (Å²) in [5.41, 5.74) is 2.38. The first-order chi connectivity index (χ1) is 9.31. The third-order valence-electron chi connectivity index (χ3n) is 2.96. The van der Waals surface area contributed by atoms with Gasteiger partial charge in [0.2, 0.25) is 0 Å². The Morgan fingerprint density at radius 2 is 1.58 bits per heavy atom. The van der Waals surface area contributed by atoms with Gasteiger partial charge < -0.3 is 10.1 Å². The summed E-state index contributed by atoms with van der Waals surface area (Å²) in [4.78, 5) is 0. The lowest BCUT2D eigenvalue weighted by Gasteiger charge is -2.09. The summed E-state index contributed by atoms with van der Waals surface area (Å²) in [6, 6.07) is 16.1. The molecule has 2 N–H and O–H groups in total. The zero-order chi connectivity index (χ0) is 13.5. The van der Waals surface area contributed by atoms with Gasteiger partial charge in [-0.25, -0.2) is 0 Å². The Labute approximate surface area is 119 Å². The third kappa shape index (κ3) is 3.98. The van der Waals surface area contributed by atoms with Gasteiger partial charge in [-0.1, -0.05) is 41.9 Å². The number of hydrogen-bond donors (Lipinski definition) is 1. The van der Waals surface area contributed by atoms with Gasteiger partial charge in [-0.3, -0.25) is 0 Å². The van der Waals surface area contributed by atoms with Crippen LogP contribution < -0.4 is 10.1 Å². The Morgan fingerprint density at radius 3 is 2.32 bits per heavy atom. The van der Waals surface area contributed by atoms with Crippen molar-refractivity contribution in [3.63, 3.8) is 0 Å². The van der Waals surface area contributed by atoms with Crippen LogP contribution in [0.5, 0.6) is 5.75 Å². The number of quaternary nitrogens is 1. The topological polar surface area (TPSA) is 25.8 Å². The van der Waals surface area contributed by atoms with Gasteiger partial charge in [0.25, 0.3) is 0 Å². The van der Waals surface area contributed by atoms with Crippen molar-refractivity contribution in [2.24, 2.45) is 0 Å². The molecule has 19 heavy (non-hydrogen) atoms. The maximum absolute atomic E-state index is 6.14. The van der Waals surface area contributed by atoms with Crippen LogP contribution >= 0.6 is 11.6 Å². The van der Waals surface area contributed by atoms with Crippen LogP contribution in [0.4, 0.5) is 0 Å². The average Bonchev–Trinajstić information content (AvgIpc) is 2.43. The summed E-state index contributed by atoms with van der Waals surface area (Å²) in [6.07, 6.45) is 0. The highest BCUT2D eigenvalue weighted by molar-refractivity contribution is 6.31. The molecule has 0 saturated heterocycles. The molecule has 2 rings (SSSR count). The van der Waals surface area contributed by atoms with E-state index < -0.39 is 0 Å². The van der Waals surface area contributed by atoms with Crippen molar-refractivity contribution >= 4 is 11.6 Å². The number of halogens is 1. The Balaban J connectivity index is 1.94. The van der Waals surface area contributed by atoms with Gasteiger partial charge in [-0.2, -0.15) is 0 Å². The second-order valence-electron chi connectivity index (χ2n) is 4.33. The minimum absolute atomic E-state index is 0.696. The number of nitrogens with two attached hydrogens (primary N) is 1. The van der Waals surface area contributed by atoms with Gasteiger partial charge in [0, 0.05) is 16.1 Å². The highest BCUT2D eigenvalue weighted by Crippen LogP contribution is 2.17. The number of hydrogen-bond acceptors (Lipinski definition) is 1. The molecule has 2 aromatic rings. The van der Waals surface area contributed by atoms with Gasteiger partial charge in [-0.05, 0) is 25.1 Å². The highest BCUT2D eigenvalue weighted by Gasteiger charge is 2.05. The lowest BCUT2D eigenvalue weighted by molar-refractivity contribution is -0.686. The quantitative estimate of drug-likeness (QED) is 0.862. The van der Waals surface area contributed by atoms with Crippen LogP contribution in [0, 0.1) is 0 Å². The van der Waals surface area contributed by atoms with Gasteiger partial charge >= 0.3 is 0 Å². The second kappa shape index (κ2) is 7.17. The number of ether oxygens (including phenoxy) is 1. The number of rotatable bonds is 6. The van der Waals surface area contributed by atoms with E-state index in [1.807, 2.05) is 43.3 Å². The molecule has 0 fully saturated rings. The lowest BCUT2D eigenvalue weighted by Crippen LogP contribution is -2.80. The molecule has 0 radical (unpaired) electrons. The Kier molecular flexibility index (Phi) is 5.25. The zero-order valence-corrected chi connectivity index (χ0v) is 11.9. The molecule has 0 spiro atoms. The van der Waals surface area contributed by atoms with Gasteiger partial charge in [-0.15, -0.1) is 0 Å². The summed E-state index contributed by atoms with van der Waals surface area (Å²) < 4.78 is 5.62. The maximum Gasteiger partial charge on any atom is 0.128 e. The molecular formula is C16H19ClNO+. The predicted molar refractivity (Wildman–Crippen MR) is 78.4 cm³/mol. The molecule has 0 bridgehead atoms. The molecule has 0 atom stereocenters. The van der Waals surface area contributed by atoms with Crippen molar-refractivity contribution in [3.05, 3.63) is 64.7 Å². The minimum Gasteiger partial charge on any atom is -0.493 e. The first-order valence-corrected chi connectivity index (χ1v) is 6.95. The smallest absolute Gasteiger partial charge is 0.128 e. The predicted octanol–water partition coefficient (Wildman–Crippen LogP) is 3.00. The first-order valence-electron chi connectivity index (χ1n) is 6.57. The van der Waals surface area contributed by atoms with E-state index in [4.69, 9.17) is 16.3 Å². The molecule has 0 amide bonds. The summed E-state index contributed by atoms with van der Waals surface area (Å²) in [6.45, 7) is 4.47. The van der Waals surface area contributed by atoms with Crippen molar-refractivity contribution in [1.29, 1.82) is 0 Å². The van der Waals surface area contributed by atoms with E-state index in [0.717, 1.165) is 29.4 Å². The van der Waals surface area contributed by atoms with Crippen LogP contribution in [0.25, 0.3) is 0 Å². The van der Waals surface area contributed by atoms with Gasteiger partial charge in [0.15, 0.2) is 0 Å². The van der Waals surface area contributed by atoms with Crippen molar-refractivity contribution in [2.75, 3.05) is 6.61 Å². The Morgan fingerprint density at radius 1 is 0.947 bits per heavy atom. The van der Waals surface area contributed by atoms with Gasteiger partial charge in [0.05, 0.1) is 6.61 Å². The molecule has 3 heteroatoms. The van der Waals surface area contributed by atoms with Crippen molar-refractivity contribution in [1.82, 2.24) is 0 Å². The fraction of sp³-hybridized carbons (Fsp3) is 0.250. The molecule has 0 aliphatic carbocycles. The standard InChI is InChI=1S/C16H18ClNO/c1-2-19-16-10-6-4-8-14(16)12-18-11-13-7-3-5-9-15(13)17/h3-10,18H,2,11-12H2,1H3/p+1. The molecule has 0 saturated carbocycles. The average molecular weight is 277 g/mol. The summed E-state index contributed by atoms with van der Waals surface area (Å²) in [5.74, 6) is 0.973. The molecule has 0 heterocycles. The fourth-order valence-electron chi connectivity index (χ4n) is 2.02. The molecule has 0 unspecified atom stereocenters. The first kappa shape index (κ1) is 13.9. The SMILES string of the molecule is CCOc1ccccc1C[NH2+]Cc1ccccc1Cl. The molecule has 0 aromatic heterocycles. The molecule has 100 valence electrons. The molecule has 2 nitrogen and oxygen atoms in total. The summed E-state index contributed by atoms with van der Waals surface area (Å²) in [5, 5.41) is 3.07. The third-order valence-corrected chi connectivity index (χ3v) is 3.33. The van der Waals surface area contributed by atoms with Crippen molar-refractivity contribution < 1.29 is 10.1 Å². The molecule has 2 aromatic carbocycles. The fourth-order valence-corrected chi connectivity index (χ4v) is 2.23. The van der Waals surface area contributed by atoms with Crippen LogP contribution in [-0.4, -0.2) is 6.61 Å². The van der Waals surface area contributed by atoms with E-state index in [9.17, 15) is 0 Å². The van der Waals surface area contributed by atoms with E-state index in [-0.39, 0.29) is 0 Å². The molecule has 0 aliphatic heterocycles. The summed E-state index contributed by atoms with van der Waals surface area (Å²) in [7, 11) is 0. The van der Waals surface area contributed by atoms with Crippen molar-refractivity contribution in [3.8, 4) is 5.75 Å². The normalized spacial score (nSPS) is 10.4. The van der Waals surface area contributed by atoms with Crippen LogP contribution in [0.15, 0.2) is 48.5 Å². The minimum atomic E-state index is 0.696. The lowest BCUT2D eigenvalue weighted by atomic mass is 10.2. The summed E-state index contributed by atoms with van der Waals surface area (Å²) >= 11 is 6.14. The zero-order valence-electron chi connectivity index (χ0n) is 11.1. The van der Waals surface area contributed by atoms with E-state index in [1.54, 1.807) is 0 Å². The number of benzene rings is 2. The Bertz CT molecular complexity index is 528. The van der Waals surface area contributed by atoms with E-state index >= 15 is 0 Å². The number of para-hydroxylation sites is 1. The van der Waals surface area contributed by atoms with E-state index in [1.165, 1.54) is 5.56 Å². The molecular weight excluding hydrogens is 258 g/mol. The van der Waals surface area contributed by atoms with Crippen LogP contribution in [0.2, 0.25) is 5.02 Å². The van der Waals surface area contributed by atoms with Crippen LogP contribution in [0.3, 0.4) is 0 Å². The van der Waals surface area contributed by atoms with Crippen LogP contribution in [-0.2, 0) is 13.1 Å². The monoisotopic (exact) mass is 276 g/mol. The largest absolute Gasteiger partial charge is 0.493 e. The highest BCUT2D eigenvalue weighted by atomic mass is 35.5. The van der Waals surface area contributed by atoms with Crippen LogP contribution in [0.1, 0.15) is 18.1 Å². The second-order valence-corrected chi connectivity index (χ2v) is 4.74. The Hall–Kier alpha value is -1.51. The van der Waals surface area contributed by atoms with E-state index in [0.29, 0.717) is 6.61 Å². The van der Waals surface area contributed by atoms with E-state index in [2.05, 4.69) is 17.4 Å². The maximum atomic E-state index is 6.14. The van der Waals surface area contributed by atoms with Crippen molar-refractivity contribution in [2.45, 2.75) is 20.0 Å². The van der Waals surface area contributed by atoms with Gasteiger partial charge in [0.1, 0.15) is 18.8 Å².